The second-order valence-corrected chi connectivity index (χ2v) is 5.89. The van der Waals surface area contributed by atoms with Gasteiger partial charge in [-0.3, -0.25) is 0 Å². The predicted octanol–water partition coefficient (Wildman–Crippen LogP) is 0.724. The van der Waals surface area contributed by atoms with E-state index in [0.29, 0.717) is 0 Å². The van der Waals surface area contributed by atoms with Crippen LogP contribution >= 0.6 is 0 Å². The molecule has 2 unspecified atom stereocenters. The Morgan fingerprint density at radius 3 is 2.20 bits per heavy atom. The van der Waals surface area contributed by atoms with Crippen molar-refractivity contribution in [3.63, 3.8) is 0 Å². The van der Waals surface area contributed by atoms with Crippen LogP contribution in [0.25, 0.3) is 0 Å². The summed E-state index contributed by atoms with van der Waals surface area (Å²) in [5.41, 5.74) is -2.87. The Kier molecular flexibility index (Phi) is 4.12. The number of carbonyl (C=O) groups is 3. The Labute approximate surface area is 116 Å². The summed E-state index contributed by atoms with van der Waals surface area (Å²) in [6.45, 7) is 3.96. The number of likely N-dealkylation sites (tertiary alicyclic amines) is 1. The maximum absolute atomic E-state index is 12.1. The minimum absolute atomic E-state index is 0.189. The minimum Gasteiger partial charge on any atom is -0.467 e. The molecule has 0 aromatic carbocycles. The van der Waals surface area contributed by atoms with E-state index in [9.17, 15) is 24.6 Å². The van der Waals surface area contributed by atoms with E-state index < -0.39 is 40.4 Å². The fraction of sp³-hybridized carbons (Fsp3) is 0.750. The summed E-state index contributed by atoms with van der Waals surface area (Å²) in [6.07, 6.45) is -2.67. The Morgan fingerprint density at radius 2 is 1.80 bits per heavy atom. The van der Waals surface area contributed by atoms with Gasteiger partial charge in [-0.25, -0.2) is 4.79 Å². The number of hydrogen-bond acceptors (Lipinski definition) is 6. The molecule has 0 aromatic heterocycles. The van der Waals surface area contributed by atoms with E-state index in [1.807, 2.05) is 0 Å². The van der Waals surface area contributed by atoms with Crippen LogP contribution in [0, 0.1) is 0 Å². The molecule has 8 nitrogen and oxygen atoms in total. The molecule has 1 aliphatic heterocycles. The number of aliphatic hydroxyl groups is 1. The second-order valence-electron chi connectivity index (χ2n) is 5.89. The second kappa shape index (κ2) is 5.02. The van der Waals surface area contributed by atoms with Gasteiger partial charge in [0.25, 0.3) is 0 Å². The van der Waals surface area contributed by atoms with Crippen molar-refractivity contribution in [3.8, 4) is 0 Å². The lowest BCUT2D eigenvalue weighted by Crippen LogP contribution is -2.59. The van der Waals surface area contributed by atoms with Crippen LogP contribution in [0.3, 0.4) is 0 Å². The molecule has 0 bridgehead atoms. The van der Waals surface area contributed by atoms with E-state index in [0.717, 1.165) is 7.11 Å². The zero-order valence-corrected chi connectivity index (χ0v) is 12.0. The van der Waals surface area contributed by atoms with Crippen molar-refractivity contribution in [1.29, 1.82) is 0 Å². The first-order chi connectivity index (χ1) is 8.97. The molecule has 1 rings (SSSR count). The van der Waals surface area contributed by atoms with Gasteiger partial charge in [0.05, 0.1) is 7.11 Å². The summed E-state index contributed by atoms with van der Waals surface area (Å²) in [4.78, 5) is 35.1. The summed E-state index contributed by atoms with van der Waals surface area (Å²) < 4.78 is 8.38. The number of nitrogens with zero attached hydrogens (tertiary/aromatic N) is 1. The van der Waals surface area contributed by atoms with Crippen LogP contribution in [0.1, 0.15) is 27.2 Å². The van der Waals surface area contributed by atoms with E-state index in [1.54, 1.807) is 20.8 Å². The molecule has 8 heteroatoms. The van der Waals surface area contributed by atoms with Gasteiger partial charge in [-0.05, 0) is 20.8 Å². The average molecular weight is 290 g/mol. The molecule has 0 radical (unpaired) electrons. The SMILES string of the molecule is COC(=O)C1(O)CC[N+](C(=O)O)(C(=O)OC(C)(C)C)C1. The van der Waals surface area contributed by atoms with Gasteiger partial charge in [0.1, 0.15) is 18.7 Å². The molecule has 114 valence electrons. The third-order valence-corrected chi connectivity index (χ3v) is 3.11. The Hall–Kier alpha value is -1.67. The molecule has 0 saturated carbocycles. The molecule has 20 heavy (non-hydrogen) atoms. The lowest BCUT2D eigenvalue weighted by Gasteiger charge is -2.28. The number of imide groups is 1. The van der Waals surface area contributed by atoms with Crippen molar-refractivity contribution in [3.05, 3.63) is 0 Å². The monoisotopic (exact) mass is 290 g/mol. The zero-order chi connectivity index (χ0) is 15.8. The number of carboxylic acid groups (broad SMARTS) is 1. The lowest BCUT2D eigenvalue weighted by atomic mass is 10.0. The van der Waals surface area contributed by atoms with Crippen molar-refractivity contribution < 1.29 is 38.6 Å². The molecule has 0 aliphatic carbocycles. The first-order valence-corrected chi connectivity index (χ1v) is 6.12. The van der Waals surface area contributed by atoms with Crippen molar-refractivity contribution in [2.75, 3.05) is 20.2 Å². The van der Waals surface area contributed by atoms with Gasteiger partial charge in [-0.15, -0.1) is 4.48 Å². The highest BCUT2D eigenvalue weighted by Crippen LogP contribution is 2.32. The van der Waals surface area contributed by atoms with E-state index in [4.69, 9.17) is 4.74 Å². The highest BCUT2D eigenvalue weighted by atomic mass is 16.6. The number of rotatable bonds is 1. The van der Waals surface area contributed by atoms with Gasteiger partial charge < -0.3 is 19.7 Å². The number of methoxy groups -OCH3 is 1. The maximum atomic E-state index is 12.1. The maximum Gasteiger partial charge on any atom is 0.527 e. The van der Waals surface area contributed by atoms with Crippen LogP contribution < -0.4 is 0 Å². The number of carbonyl (C=O) groups excluding carboxylic acids is 2. The number of esters is 1. The van der Waals surface area contributed by atoms with Crippen molar-refractivity contribution in [2.45, 2.75) is 38.4 Å². The largest absolute Gasteiger partial charge is 0.527 e. The van der Waals surface area contributed by atoms with Crippen molar-refractivity contribution in [1.82, 2.24) is 0 Å². The molecular formula is C12H20NO7+. The summed E-state index contributed by atoms with van der Waals surface area (Å²) in [5.74, 6) is -0.956. The van der Waals surface area contributed by atoms with Gasteiger partial charge in [0.2, 0.25) is 5.60 Å². The van der Waals surface area contributed by atoms with Gasteiger partial charge in [0.15, 0.2) is 0 Å². The normalized spacial score (nSPS) is 29.9. The number of amides is 2. The number of quaternary nitrogens is 1. The molecule has 0 spiro atoms. The summed E-state index contributed by atoms with van der Waals surface area (Å²) in [5, 5.41) is 19.5. The van der Waals surface area contributed by atoms with Crippen LogP contribution in [0.5, 0.6) is 0 Å². The molecule has 2 atom stereocenters. The Balaban J connectivity index is 3.06. The lowest BCUT2D eigenvalue weighted by molar-refractivity contribution is -0.775. The highest BCUT2D eigenvalue weighted by Gasteiger charge is 2.63. The smallest absolute Gasteiger partial charge is 0.467 e. The Morgan fingerprint density at radius 1 is 1.25 bits per heavy atom. The molecule has 1 aliphatic rings. The first kappa shape index (κ1) is 16.4. The van der Waals surface area contributed by atoms with E-state index in [-0.39, 0.29) is 13.0 Å². The third kappa shape index (κ3) is 2.91. The van der Waals surface area contributed by atoms with E-state index in [1.165, 1.54) is 0 Å². The average Bonchev–Trinajstić information content (AvgIpc) is 2.67. The quantitative estimate of drug-likeness (QED) is 0.541. The summed E-state index contributed by atoms with van der Waals surface area (Å²) >= 11 is 0. The minimum atomic E-state index is -2.00. The van der Waals surface area contributed by atoms with E-state index >= 15 is 0 Å². The summed E-state index contributed by atoms with van der Waals surface area (Å²) in [7, 11) is 1.08. The molecule has 2 N–H and O–H groups in total. The van der Waals surface area contributed by atoms with Crippen molar-refractivity contribution >= 4 is 18.2 Å². The number of hydrogen-bond donors (Lipinski definition) is 2. The number of ether oxygens (including phenoxy) is 2. The van der Waals surface area contributed by atoms with Crippen LogP contribution in [0.2, 0.25) is 0 Å². The molecule has 1 fully saturated rings. The first-order valence-electron chi connectivity index (χ1n) is 6.12. The molecule has 2 amide bonds. The highest BCUT2D eigenvalue weighted by molar-refractivity contribution is 5.82. The van der Waals surface area contributed by atoms with Gasteiger partial charge in [-0.2, -0.15) is 9.59 Å². The van der Waals surface area contributed by atoms with Gasteiger partial charge in [0, 0.05) is 6.42 Å². The third-order valence-electron chi connectivity index (χ3n) is 3.11. The standard InChI is InChI=1S/C12H19NO7/c1-11(2,3)20-10(17)13(9(15)16)6-5-12(18,7-13)8(14)19-4/h18H,5-7H2,1-4H3/p+1. The molecular weight excluding hydrogens is 270 g/mol. The fourth-order valence-electron chi connectivity index (χ4n) is 2.08. The van der Waals surface area contributed by atoms with E-state index in [2.05, 4.69) is 4.74 Å². The fourth-order valence-corrected chi connectivity index (χ4v) is 2.08. The Bertz CT molecular complexity index is 442. The topological polar surface area (TPSA) is 110 Å². The van der Waals surface area contributed by atoms with Crippen LogP contribution in [-0.4, -0.2) is 64.3 Å². The molecule has 1 saturated heterocycles. The van der Waals surface area contributed by atoms with Crippen LogP contribution in [0.4, 0.5) is 9.59 Å². The van der Waals surface area contributed by atoms with Crippen LogP contribution in [-0.2, 0) is 14.3 Å². The van der Waals surface area contributed by atoms with Crippen LogP contribution in [0.15, 0.2) is 0 Å². The summed E-state index contributed by atoms with van der Waals surface area (Å²) in [6, 6.07) is 0. The van der Waals surface area contributed by atoms with Crippen molar-refractivity contribution in [2.24, 2.45) is 0 Å². The van der Waals surface area contributed by atoms with Gasteiger partial charge >= 0.3 is 18.2 Å². The molecule has 1 heterocycles. The molecule has 0 aromatic rings. The predicted molar refractivity (Wildman–Crippen MR) is 65.8 cm³/mol. The van der Waals surface area contributed by atoms with Gasteiger partial charge in [-0.1, -0.05) is 0 Å². The zero-order valence-electron chi connectivity index (χ0n) is 12.0.